The molecule has 1 saturated heterocycles. The Kier molecular flexibility index (Phi) is 5.08. The van der Waals surface area contributed by atoms with Gasteiger partial charge in [0.05, 0.1) is 17.1 Å². The second-order valence-electron chi connectivity index (χ2n) is 8.81. The molecule has 1 aromatic heterocycles. The van der Waals surface area contributed by atoms with Crippen molar-refractivity contribution in [1.29, 1.82) is 0 Å². The van der Waals surface area contributed by atoms with E-state index in [0.717, 1.165) is 35.8 Å². The highest BCUT2D eigenvalue weighted by molar-refractivity contribution is 5.97. The third-order valence-corrected chi connectivity index (χ3v) is 6.61. The molecule has 2 aliphatic rings. The van der Waals surface area contributed by atoms with Crippen molar-refractivity contribution >= 4 is 22.9 Å². The number of likely N-dealkylation sites (tertiary alicyclic amines) is 1. The van der Waals surface area contributed by atoms with Crippen molar-refractivity contribution in [2.75, 3.05) is 13.2 Å². The number of phenolic OH excluding ortho intramolecular Hbond substituents is 1. The minimum absolute atomic E-state index is 0.120. The molecule has 1 aliphatic heterocycles. The van der Waals surface area contributed by atoms with Crippen LogP contribution in [0.2, 0.25) is 0 Å². The maximum atomic E-state index is 13.3. The molecule has 1 unspecified atom stereocenters. The number of hydrogen-bond donors (Lipinski definition) is 3. The van der Waals surface area contributed by atoms with Crippen LogP contribution in [0.3, 0.4) is 0 Å². The van der Waals surface area contributed by atoms with Gasteiger partial charge in [0, 0.05) is 29.8 Å². The Balaban J connectivity index is 1.35. The number of carbonyl (C=O) groups is 2. The van der Waals surface area contributed by atoms with Gasteiger partial charge in [-0.25, -0.2) is 4.79 Å². The van der Waals surface area contributed by atoms with Gasteiger partial charge < -0.3 is 25.2 Å². The van der Waals surface area contributed by atoms with E-state index < -0.39 is 11.6 Å². The van der Waals surface area contributed by atoms with Gasteiger partial charge in [0.15, 0.2) is 0 Å². The lowest BCUT2D eigenvalue weighted by molar-refractivity contribution is 0.0499. The SMILES string of the molecule is Cc1ccc(OCC2CCN2C(=O)O)cc1C(=O)NC1(c2cc(O)cc3ncccc23)CC1. The zero-order valence-electron chi connectivity index (χ0n) is 18.2. The fourth-order valence-electron chi connectivity index (χ4n) is 4.43. The van der Waals surface area contributed by atoms with Crippen molar-refractivity contribution < 1.29 is 24.5 Å². The molecule has 2 amide bonds. The normalized spacial score (nSPS) is 18.5. The summed E-state index contributed by atoms with van der Waals surface area (Å²) in [7, 11) is 0. The predicted molar refractivity (Wildman–Crippen MR) is 122 cm³/mol. The zero-order chi connectivity index (χ0) is 23.2. The molecule has 8 nitrogen and oxygen atoms in total. The minimum atomic E-state index is -0.941. The first-order valence-corrected chi connectivity index (χ1v) is 11.0. The maximum Gasteiger partial charge on any atom is 0.407 e. The summed E-state index contributed by atoms with van der Waals surface area (Å²) < 4.78 is 5.81. The number of carboxylic acid groups (broad SMARTS) is 1. The zero-order valence-corrected chi connectivity index (χ0v) is 18.2. The Morgan fingerprint density at radius 1 is 1.24 bits per heavy atom. The summed E-state index contributed by atoms with van der Waals surface area (Å²) in [6, 6.07) is 12.3. The molecule has 5 rings (SSSR count). The van der Waals surface area contributed by atoms with Gasteiger partial charge in [0.1, 0.15) is 18.1 Å². The molecular weight excluding hydrogens is 422 g/mol. The molecule has 2 heterocycles. The third-order valence-electron chi connectivity index (χ3n) is 6.61. The Labute approximate surface area is 190 Å². The molecule has 0 spiro atoms. The molecule has 3 aromatic rings. The molecule has 2 aromatic carbocycles. The van der Waals surface area contributed by atoms with Crippen LogP contribution in [0.1, 0.15) is 40.7 Å². The van der Waals surface area contributed by atoms with Gasteiger partial charge in [-0.3, -0.25) is 9.78 Å². The van der Waals surface area contributed by atoms with E-state index in [4.69, 9.17) is 9.84 Å². The van der Waals surface area contributed by atoms with E-state index in [1.807, 2.05) is 25.1 Å². The number of hydrogen-bond acceptors (Lipinski definition) is 5. The highest BCUT2D eigenvalue weighted by atomic mass is 16.5. The lowest BCUT2D eigenvalue weighted by Crippen LogP contribution is -2.53. The molecule has 33 heavy (non-hydrogen) atoms. The first-order valence-electron chi connectivity index (χ1n) is 11.0. The van der Waals surface area contributed by atoms with Gasteiger partial charge in [-0.15, -0.1) is 0 Å². The van der Waals surface area contributed by atoms with Crippen molar-refractivity contribution in [3.05, 3.63) is 65.4 Å². The molecule has 170 valence electrons. The number of phenols is 1. The number of ether oxygens (including phenoxy) is 1. The van der Waals surface area contributed by atoms with Crippen molar-refractivity contribution in [3.8, 4) is 11.5 Å². The van der Waals surface area contributed by atoms with Gasteiger partial charge in [0.2, 0.25) is 0 Å². The molecule has 8 heteroatoms. The van der Waals surface area contributed by atoms with E-state index >= 15 is 0 Å². The molecule has 2 fully saturated rings. The van der Waals surface area contributed by atoms with Crippen molar-refractivity contribution in [1.82, 2.24) is 15.2 Å². The molecule has 3 N–H and O–H groups in total. The van der Waals surface area contributed by atoms with E-state index in [9.17, 15) is 14.7 Å². The molecule has 0 radical (unpaired) electrons. The van der Waals surface area contributed by atoms with Crippen LogP contribution in [0.5, 0.6) is 11.5 Å². The average molecular weight is 447 g/mol. The number of pyridine rings is 1. The average Bonchev–Trinajstić information content (AvgIpc) is 3.53. The van der Waals surface area contributed by atoms with E-state index in [1.165, 1.54) is 4.90 Å². The summed E-state index contributed by atoms with van der Waals surface area (Å²) in [5, 5.41) is 23.4. The van der Waals surface area contributed by atoms with Gasteiger partial charge >= 0.3 is 6.09 Å². The van der Waals surface area contributed by atoms with Crippen LogP contribution in [-0.4, -0.2) is 51.3 Å². The molecule has 1 atom stereocenters. The van der Waals surface area contributed by atoms with E-state index in [1.54, 1.807) is 30.5 Å². The lowest BCUT2D eigenvalue weighted by Gasteiger charge is -2.38. The number of nitrogens with one attached hydrogen (secondary N) is 1. The standard InChI is InChI=1S/C25H25N3O5/c1-15-4-5-18(33-14-16-6-10-28(16)24(31)32)13-20(15)23(30)27-25(7-8-25)21-11-17(29)12-22-19(21)3-2-9-26-22/h2-5,9,11-13,16,29H,6-8,10,14H2,1H3,(H,27,30)(H,31,32). The number of rotatable bonds is 6. The van der Waals surface area contributed by atoms with Gasteiger partial charge in [-0.1, -0.05) is 12.1 Å². The first kappa shape index (κ1) is 21.1. The highest BCUT2D eigenvalue weighted by Gasteiger charge is 2.47. The number of aromatic hydroxyl groups is 1. The molecular formula is C25H25N3O5. The third kappa shape index (κ3) is 3.92. The Morgan fingerprint density at radius 3 is 2.76 bits per heavy atom. The van der Waals surface area contributed by atoms with Gasteiger partial charge in [-0.05, 0) is 61.6 Å². The number of benzene rings is 2. The number of aryl methyl sites for hydroxylation is 1. The molecule has 0 bridgehead atoms. The fraction of sp³-hybridized carbons (Fsp3) is 0.320. The number of aromatic nitrogens is 1. The monoisotopic (exact) mass is 447 g/mol. The van der Waals surface area contributed by atoms with Crippen molar-refractivity contribution in [3.63, 3.8) is 0 Å². The Morgan fingerprint density at radius 2 is 2.06 bits per heavy atom. The fourth-order valence-corrected chi connectivity index (χ4v) is 4.43. The highest BCUT2D eigenvalue weighted by Crippen LogP contribution is 2.49. The Bertz CT molecular complexity index is 1250. The van der Waals surface area contributed by atoms with Crippen LogP contribution in [-0.2, 0) is 5.54 Å². The van der Waals surface area contributed by atoms with E-state index in [-0.39, 0.29) is 24.3 Å². The molecule has 1 aliphatic carbocycles. The number of carbonyl (C=O) groups excluding carboxylic acids is 1. The van der Waals surface area contributed by atoms with Crippen LogP contribution in [0.25, 0.3) is 10.9 Å². The van der Waals surface area contributed by atoms with Crippen LogP contribution >= 0.6 is 0 Å². The second-order valence-corrected chi connectivity index (χ2v) is 8.81. The largest absolute Gasteiger partial charge is 0.508 e. The van der Waals surface area contributed by atoms with Crippen LogP contribution in [0.15, 0.2) is 48.7 Å². The topological polar surface area (TPSA) is 112 Å². The Hall–Kier alpha value is -3.81. The van der Waals surface area contributed by atoms with Crippen LogP contribution < -0.4 is 10.1 Å². The van der Waals surface area contributed by atoms with Crippen LogP contribution in [0.4, 0.5) is 4.79 Å². The lowest BCUT2D eigenvalue weighted by atomic mass is 9.97. The van der Waals surface area contributed by atoms with Gasteiger partial charge in [0.25, 0.3) is 5.91 Å². The summed E-state index contributed by atoms with van der Waals surface area (Å²) in [6.07, 6.45) is 3.05. The quantitative estimate of drug-likeness (QED) is 0.530. The van der Waals surface area contributed by atoms with E-state index in [0.29, 0.717) is 23.4 Å². The summed E-state index contributed by atoms with van der Waals surface area (Å²) in [6.45, 7) is 2.64. The second kappa shape index (κ2) is 7.95. The number of fused-ring (bicyclic) bond motifs is 1. The smallest absolute Gasteiger partial charge is 0.407 e. The maximum absolute atomic E-state index is 13.3. The van der Waals surface area contributed by atoms with Crippen LogP contribution in [0, 0.1) is 6.92 Å². The summed E-state index contributed by atoms with van der Waals surface area (Å²) >= 11 is 0. The molecule has 1 saturated carbocycles. The number of nitrogens with zero attached hydrogens (tertiary/aromatic N) is 2. The van der Waals surface area contributed by atoms with Crippen molar-refractivity contribution in [2.45, 2.75) is 37.8 Å². The summed E-state index contributed by atoms with van der Waals surface area (Å²) in [5.74, 6) is 0.432. The summed E-state index contributed by atoms with van der Waals surface area (Å²) in [5.41, 5.74) is 2.32. The first-order chi connectivity index (χ1) is 15.9. The van der Waals surface area contributed by atoms with Crippen molar-refractivity contribution in [2.24, 2.45) is 0 Å². The van der Waals surface area contributed by atoms with E-state index in [2.05, 4.69) is 10.3 Å². The van der Waals surface area contributed by atoms with Gasteiger partial charge in [-0.2, -0.15) is 0 Å². The summed E-state index contributed by atoms with van der Waals surface area (Å²) in [4.78, 5) is 30.1. The minimum Gasteiger partial charge on any atom is -0.508 e. The number of amides is 2. The predicted octanol–water partition coefficient (Wildman–Crippen LogP) is 3.80.